The van der Waals surface area contributed by atoms with Crippen LogP contribution in [0.4, 0.5) is 0 Å². The highest BCUT2D eigenvalue weighted by molar-refractivity contribution is 7.80. The average Bonchev–Trinajstić information content (AvgIpc) is 3.18. The summed E-state index contributed by atoms with van der Waals surface area (Å²) in [6.07, 6.45) is 1.79. The monoisotopic (exact) mass is 426 g/mol. The summed E-state index contributed by atoms with van der Waals surface area (Å²) in [7, 11) is 0. The molecule has 0 aliphatic carbocycles. The molecule has 1 aliphatic rings. The molecular formula is C22H23ClN4OS. The van der Waals surface area contributed by atoms with Crippen molar-refractivity contribution in [1.82, 2.24) is 19.8 Å². The van der Waals surface area contributed by atoms with Crippen molar-refractivity contribution in [3.8, 4) is 5.69 Å². The van der Waals surface area contributed by atoms with E-state index < -0.39 is 0 Å². The van der Waals surface area contributed by atoms with Crippen LogP contribution in [0.5, 0.6) is 0 Å². The van der Waals surface area contributed by atoms with E-state index in [0.717, 1.165) is 28.3 Å². The molecule has 0 amide bonds. The van der Waals surface area contributed by atoms with Gasteiger partial charge in [-0.2, -0.15) is 0 Å². The van der Waals surface area contributed by atoms with Crippen LogP contribution in [-0.2, 0) is 0 Å². The number of aryl methyl sites for hydroxylation is 1. The molecule has 2 atom stereocenters. The zero-order chi connectivity index (χ0) is 20.5. The molecule has 5 nitrogen and oxygen atoms in total. The number of aliphatic hydroxyl groups is 1. The molecule has 1 fully saturated rings. The number of aliphatic hydroxyl groups excluding tert-OH is 1. The first kappa shape index (κ1) is 19.9. The number of rotatable bonds is 5. The second kappa shape index (κ2) is 8.14. The van der Waals surface area contributed by atoms with Crippen LogP contribution in [0, 0.1) is 13.8 Å². The molecule has 3 heterocycles. The summed E-state index contributed by atoms with van der Waals surface area (Å²) in [4.78, 5) is 6.61. The maximum absolute atomic E-state index is 9.64. The Hall–Kier alpha value is -2.41. The maximum atomic E-state index is 9.64. The molecular weight excluding hydrogens is 404 g/mol. The number of hydrogen-bond donors (Lipinski definition) is 2. The van der Waals surface area contributed by atoms with Gasteiger partial charge in [-0.05, 0) is 68.0 Å². The van der Waals surface area contributed by atoms with E-state index in [2.05, 4.69) is 45.7 Å². The highest BCUT2D eigenvalue weighted by Gasteiger charge is 2.41. The molecule has 2 N–H and O–H groups in total. The first-order chi connectivity index (χ1) is 14.0. The number of pyridine rings is 1. The van der Waals surface area contributed by atoms with Crippen LogP contribution in [0.1, 0.15) is 34.7 Å². The second-order valence-corrected chi connectivity index (χ2v) is 8.01. The van der Waals surface area contributed by atoms with Gasteiger partial charge in [0.2, 0.25) is 0 Å². The number of benzene rings is 1. The van der Waals surface area contributed by atoms with Crippen molar-refractivity contribution in [2.24, 2.45) is 0 Å². The molecule has 2 aromatic heterocycles. The number of aromatic nitrogens is 2. The Balaban J connectivity index is 1.84. The average molecular weight is 427 g/mol. The van der Waals surface area contributed by atoms with E-state index in [4.69, 9.17) is 23.8 Å². The lowest BCUT2D eigenvalue weighted by atomic mass is 9.97. The summed E-state index contributed by atoms with van der Waals surface area (Å²) in [5.74, 6) is 0. The van der Waals surface area contributed by atoms with Crippen molar-refractivity contribution >= 4 is 28.9 Å². The smallest absolute Gasteiger partial charge is 0.170 e. The Labute approximate surface area is 180 Å². The number of thiocarbonyl (C=S) groups is 1. The van der Waals surface area contributed by atoms with Crippen molar-refractivity contribution in [2.75, 3.05) is 13.2 Å². The molecule has 0 bridgehead atoms. The Morgan fingerprint density at radius 1 is 1.17 bits per heavy atom. The van der Waals surface area contributed by atoms with Crippen LogP contribution in [0.15, 0.2) is 54.7 Å². The molecule has 0 spiro atoms. The zero-order valence-electron chi connectivity index (χ0n) is 16.3. The minimum atomic E-state index is -0.0939. The highest BCUT2D eigenvalue weighted by Crippen LogP contribution is 2.41. The summed E-state index contributed by atoms with van der Waals surface area (Å²) < 4.78 is 2.20. The Bertz CT molecular complexity index is 1040. The van der Waals surface area contributed by atoms with Crippen LogP contribution < -0.4 is 5.32 Å². The topological polar surface area (TPSA) is 53.3 Å². The number of hydrogen-bond acceptors (Lipinski definition) is 3. The Morgan fingerprint density at radius 2 is 2.00 bits per heavy atom. The van der Waals surface area contributed by atoms with Crippen molar-refractivity contribution < 1.29 is 5.11 Å². The predicted molar refractivity (Wildman–Crippen MR) is 119 cm³/mol. The quantitative estimate of drug-likeness (QED) is 0.601. The van der Waals surface area contributed by atoms with E-state index in [1.807, 2.05) is 36.4 Å². The lowest BCUT2D eigenvalue weighted by Gasteiger charge is -2.27. The van der Waals surface area contributed by atoms with E-state index in [1.54, 1.807) is 6.20 Å². The first-order valence-corrected chi connectivity index (χ1v) is 10.3. The lowest BCUT2D eigenvalue weighted by Crippen LogP contribution is -2.32. The van der Waals surface area contributed by atoms with Gasteiger partial charge in [0, 0.05) is 34.8 Å². The van der Waals surface area contributed by atoms with Gasteiger partial charge < -0.3 is 19.9 Å². The van der Waals surface area contributed by atoms with E-state index in [1.165, 1.54) is 0 Å². The molecule has 29 heavy (non-hydrogen) atoms. The van der Waals surface area contributed by atoms with Gasteiger partial charge >= 0.3 is 0 Å². The van der Waals surface area contributed by atoms with E-state index in [0.29, 0.717) is 16.7 Å². The summed E-state index contributed by atoms with van der Waals surface area (Å²) >= 11 is 11.8. The third-order valence-corrected chi connectivity index (χ3v) is 5.98. The standard InChI is InChI=1S/C22H23ClN4OS/c1-14-12-18(15(2)27(14)17-7-5-6-16(23)13-17)21-20(19-8-3-4-9-24-19)25-22(29)26(21)10-11-28/h3-9,12-13,20-21,28H,10-11H2,1-2H3,(H,25,29). The van der Waals surface area contributed by atoms with E-state index >= 15 is 0 Å². The van der Waals surface area contributed by atoms with Gasteiger partial charge in [-0.15, -0.1) is 0 Å². The lowest BCUT2D eigenvalue weighted by molar-refractivity contribution is 0.223. The molecule has 0 radical (unpaired) electrons. The minimum Gasteiger partial charge on any atom is -0.395 e. The summed E-state index contributed by atoms with van der Waals surface area (Å²) in [5.41, 5.74) is 5.33. The number of nitrogens with one attached hydrogen (secondary N) is 1. The fraction of sp³-hybridized carbons (Fsp3) is 0.273. The van der Waals surface area contributed by atoms with Crippen LogP contribution in [0.25, 0.3) is 5.69 Å². The Kier molecular flexibility index (Phi) is 5.58. The number of β-amino-alcohol motifs (C(OH)–C–C–N with tert-alkyl or cyclic N) is 1. The predicted octanol–water partition coefficient (Wildman–Crippen LogP) is 4.11. The van der Waals surface area contributed by atoms with Crippen LogP contribution in [0.2, 0.25) is 5.02 Å². The molecule has 150 valence electrons. The third kappa shape index (κ3) is 3.64. The molecule has 1 saturated heterocycles. The third-order valence-electron chi connectivity index (χ3n) is 5.39. The molecule has 0 saturated carbocycles. The van der Waals surface area contributed by atoms with E-state index in [-0.39, 0.29) is 18.7 Å². The largest absolute Gasteiger partial charge is 0.395 e. The van der Waals surface area contributed by atoms with Crippen molar-refractivity contribution in [3.05, 3.63) is 82.4 Å². The van der Waals surface area contributed by atoms with Gasteiger partial charge in [0.25, 0.3) is 0 Å². The molecule has 1 aromatic carbocycles. The van der Waals surface area contributed by atoms with Gasteiger partial charge in [0.1, 0.15) is 0 Å². The molecule has 4 rings (SSSR count). The second-order valence-electron chi connectivity index (χ2n) is 7.19. The molecule has 3 aromatic rings. The number of nitrogens with zero attached hydrogens (tertiary/aromatic N) is 3. The fourth-order valence-corrected chi connectivity index (χ4v) is 4.71. The van der Waals surface area contributed by atoms with Gasteiger partial charge in [-0.25, -0.2) is 0 Å². The zero-order valence-corrected chi connectivity index (χ0v) is 17.9. The normalized spacial score (nSPS) is 18.9. The van der Waals surface area contributed by atoms with E-state index in [9.17, 15) is 5.11 Å². The SMILES string of the molecule is Cc1cc(C2C(c3ccccn3)NC(=S)N2CCO)c(C)n1-c1cccc(Cl)c1. The molecule has 1 aliphatic heterocycles. The van der Waals surface area contributed by atoms with Crippen LogP contribution in [-0.4, -0.2) is 37.8 Å². The first-order valence-electron chi connectivity index (χ1n) is 9.55. The number of halogens is 1. The summed E-state index contributed by atoms with van der Waals surface area (Å²) in [6, 6.07) is 15.8. The summed E-state index contributed by atoms with van der Waals surface area (Å²) in [5, 5.41) is 14.4. The van der Waals surface area contributed by atoms with Gasteiger partial charge in [-0.3, -0.25) is 4.98 Å². The maximum Gasteiger partial charge on any atom is 0.170 e. The van der Waals surface area contributed by atoms with Crippen LogP contribution in [0.3, 0.4) is 0 Å². The molecule has 2 unspecified atom stereocenters. The van der Waals surface area contributed by atoms with Crippen molar-refractivity contribution in [3.63, 3.8) is 0 Å². The van der Waals surface area contributed by atoms with Crippen molar-refractivity contribution in [2.45, 2.75) is 25.9 Å². The molecule has 7 heteroatoms. The van der Waals surface area contributed by atoms with Gasteiger partial charge in [0.15, 0.2) is 5.11 Å². The van der Waals surface area contributed by atoms with Crippen LogP contribution >= 0.6 is 23.8 Å². The summed E-state index contributed by atoms with van der Waals surface area (Å²) in [6.45, 7) is 4.68. The Morgan fingerprint density at radius 3 is 2.69 bits per heavy atom. The van der Waals surface area contributed by atoms with Gasteiger partial charge in [-0.1, -0.05) is 23.7 Å². The van der Waals surface area contributed by atoms with Gasteiger partial charge in [0.05, 0.1) is 24.4 Å². The fourth-order valence-electron chi connectivity index (χ4n) is 4.19. The van der Waals surface area contributed by atoms with Crippen molar-refractivity contribution in [1.29, 1.82) is 0 Å². The highest BCUT2D eigenvalue weighted by atomic mass is 35.5. The minimum absolute atomic E-state index is 0.0281.